The van der Waals surface area contributed by atoms with E-state index in [0.29, 0.717) is 18.0 Å². The van der Waals surface area contributed by atoms with Crippen molar-refractivity contribution in [3.05, 3.63) is 83.4 Å². The Morgan fingerprint density at radius 2 is 1.83 bits per heavy atom. The van der Waals surface area contributed by atoms with Gasteiger partial charge < -0.3 is 14.8 Å². The van der Waals surface area contributed by atoms with Crippen LogP contribution in [-0.4, -0.2) is 17.5 Å². The Hall–Kier alpha value is -3.22. The molecular weight excluding hydrogens is 384 g/mol. The minimum Gasteiger partial charge on any atom is -0.457 e. The van der Waals surface area contributed by atoms with Gasteiger partial charge in [0.25, 0.3) is 0 Å². The molecule has 1 amide bonds. The number of nitrogens with zero attached hydrogens (tertiary/aromatic N) is 1. The number of fused-ring (bicyclic) bond motifs is 1. The van der Waals surface area contributed by atoms with Gasteiger partial charge in [-0.25, -0.2) is 4.98 Å². The zero-order chi connectivity index (χ0) is 20.1. The van der Waals surface area contributed by atoms with Gasteiger partial charge in [0, 0.05) is 5.69 Å². The first-order chi connectivity index (χ1) is 14.2. The molecular formula is C23H20N2O3S. The topological polar surface area (TPSA) is 60.5 Å². The van der Waals surface area contributed by atoms with Crippen molar-refractivity contribution in [2.75, 3.05) is 11.9 Å². The van der Waals surface area contributed by atoms with Gasteiger partial charge in [0.1, 0.15) is 23.1 Å². The molecule has 0 saturated carbocycles. The van der Waals surface area contributed by atoms with Crippen molar-refractivity contribution in [2.45, 2.75) is 13.5 Å². The van der Waals surface area contributed by atoms with Gasteiger partial charge in [-0.2, -0.15) is 0 Å². The lowest BCUT2D eigenvalue weighted by Crippen LogP contribution is -2.18. The van der Waals surface area contributed by atoms with E-state index in [0.717, 1.165) is 26.5 Å². The molecule has 4 rings (SSSR count). The maximum atomic E-state index is 12.1. The summed E-state index contributed by atoms with van der Waals surface area (Å²) in [6, 6.07) is 23.0. The highest BCUT2D eigenvalue weighted by molar-refractivity contribution is 7.18. The third-order valence-electron chi connectivity index (χ3n) is 4.16. The van der Waals surface area contributed by atoms with E-state index in [2.05, 4.69) is 10.3 Å². The number of anilines is 1. The van der Waals surface area contributed by atoms with Gasteiger partial charge in [-0.1, -0.05) is 24.3 Å². The summed E-state index contributed by atoms with van der Waals surface area (Å²) in [6.07, 6.45) is 0. The summed E-state index contributed by atoms with van der Waals surface area (Å²) >= 11 is 1.57. The van der Waals surface area contributed by atoms with Crippen LogP contribution in [0.5, 0.6) is 11.5 Å². The van der Waals surface area contributed by atoms with Gasteiger partial charge in [-0.05, 0) is 61.0 Å². The fourth-order valence-electron chi connectivity index (χ4n) is 2.83. The molecule has 3 aromatic carbocycles. The van der Waals surface area contributed by atoms with Gasteiger partial charge in [0.15, 0.2) is 0 Å². The highest BCUT2D eigenvalue weighted by Gasteiger charge is 2.07. The standard InChI is InChI=1S/C23H20N2O3S/c1-16-5-4-6-19(13-16)28-18-11-9-17(10-12-18)24-22(26)14-27-15-23-25-20-7-2-3-8-21(20)29-23/h2-13H,14-15H2,1H3,(H,24,26). The van der Waals surface area contributed by atoms with Crippen LogP contribution in [0.4, 0.5) is 5.69 Å². The maximum absolute atomic E-state index is 12.1. The van der Waals surface area contributed by atoms with E-state index < -0.39 is 0 Å². The first kappa shape index (κ1) is 19.1. The Kier molecular flexibility index (Phi) is 5.84. The predicted molar refractivity (Wildman–Crippen MR) is 116 cm³/mol. The summed E-state index contributed by atoms with van der Waals surface area (Å²) in [7, 11) is 0. The van der Waals surface area contributed by atoms with Crippen molar-refractivity contribution in [1.29, 1.82) is 0 Å². The van der Waals surface area contributed by atoms with Gasteiger partial charge in [0.05, 0.1) is 16.8 Å². The highest BCUT2D eigenvalue weighted by Crippen LogP contribution is 2.24. The number of hydrogen-bond donors (Lipinski definition) is 1. The number of rotatable bonds is 7. The zero-order valence-electron chi connectivity index (χ0n) is 15.9. The molecule has 0 unspecified atom stereocenters. The van der Waals surface area contributed by atoms with Crippen molar-refractivity contribution >= 4 is 33.1 Å². The number of carbonyl (C=O) groups excluding carboxylic acids is 1. The van der Waals surface area contributed by atoms with E-state index in [1.54, 1.807) is 23.5 Å². The molecule has 0 aliphatic heterocycles. The van der Waals surface area contributed by atoms with E-state index >= 15 is 0 Å². The molecule has 0 saturated heterocycles. The number of thiazole rings is 1. The second-order valence-electron chi connectivity index (χ2n) is 6.56. The lowest BCUT2D eigenvalue weighted by molar-refractivity contribution is -0.121. The van der Waals surface area contributed by atoms with Crippen molar-refractivity contribution < 1.29 is 14.3 Å². The Balaban J connectivity index is 1.26. The molecule has 0 atom stereocenters. The highest BCUT2D eigenvalue weighted by atomic mass is 32.1. The van der Waals surface area contributed by atoms with Crippen LogP contribution in [0.15, 0.2) is 72.8 Å². The summed E-state index contributed by atoms with van der Waals surface area (Å²) < 4.78 is 12.4. The number of nitrogens with one attached hydrogen (secondary N) is 1. The average molecular weight is 404 g/mol. The minimum absolute atomic E-state index is 0.0303. The second kappa shape index (κ2) is 8.86. The average Bonchev–Trinajstić information content (AvgIpc) is 3.12. The smallest absolute Gasteiger partial charge is 0.250 e. The Morgan fingerprint density at radius 1 is 1.00 bits per heavy atom. The van der Waals surface area contributed by atoms with E-state index in [9.17, 15) is 4.79 Å². The summed E-state index contributed by atoms with van der Waals surface area (Å²) in [4.78, 5) is 16.6. The fourth-order valence-corrected chi connectivity index (χ4v) is 3.74. The van der Waals surface area contributed by atoms with E-state index in [1.807, 2.05) is 67.6 Å². The molecule has 0 radical (unpaired) electrons. The van der Waals surface area contributed by atoms with Crippen LogP contribution in [0.1, 0.15) is 10.6 Å². The Morgan fingerprint density at radius 3 is 2.62 bits per heavy atom. The van der Waals surface area contributed by atoms with Crippen LogP contribution < -0.4 is 10.1 Å². The van der Waals surface area contributed by atoms with Crippen LogP contribution in [0.25, 0.3) is 10.2 Å². The number of carbonyl (C=O) groups is 1. The summed E-state index contributed by atoms with van der Waals surface area (Å²) in [5.41, 5.74) is 2.78. The molecule has 29 heavy (non-hydrogen) atoms. The molecule has 0 fully saturated rings. The third-order valence-corrected chi connectivity index (χ3v) is 5.17. The summed E-state index contributed by atoms with van der Waals surface area (Å²) in [5.74, 6) is 1.28. The molecule has 0 spiro atoms. The molecule has 1 N–H and O–H groups in total. The third kappa shape index (κ3) is 5.19. The number of para-hydroxylation sites is 1. The van der Waals surface area contributed by atoms with Gasteiger partial charge in [-0.3, -0.25) is 4.79 Å². The van der Waals surface area contributed by atoms with Crippen molar-refractivity contribution in [2.24, 2.45) is 0 Å². The SMILES string of the molecule is Cc1cccc(Oc2ccc(NC(=O)COCc3nc4ccccc4s3)cc2)c1. The molecule has 1 heterocycles. The first-order valence-corrected chi connectivity index (χ1v) is 10.0. The quantitative estimate of drug-likeness (QED) is 0.439. The van der Waals surface area contributed by atoms with Gasteiger partial charge >= 0.3 is 0 Å². The van der Waals surface area contributed by atoms with Crippen LogP contribution >= 0.6 is 11.3 Å². The van der Waals surface area contributed by atoms with Gasteiger partial charge in [0.2, 0.25) is 5.91 Å². The second-order valence-corrected chi connectivity index (χ2v) is 7.67. The van der Waals surface area contributed by atoms with Crippen LogP contribution in [0.2, 0.25) is 0 Å². The molecule has 1 aromatic heterocycles. The van der Waals surface area contributed by atoms with E-state index in [1.165, 1.54) is 0 Å². The normalized spacial score (nSPS) is 10.8. The monoisotopic (exact) mass is 404 g/mol. The molecule has 146 valence electrons. The van der Waals surface area contributed by atoms with Crippen LogP contribution in [-0.2, 0) is 16.1 Å². The number of amides is 1. The van der Waals surface area contributed by atoms with Crippen LogP contribution in [0.3, 0.4) is 0 Å². The van der Waals surface area contributed by atoms with E-state index in [-0.39, 0.29) is 12.5 Å². The number of benzene rings is 3. The number of ether oxygens (including phenoxy) is 2. The first-order valence-electron chi connectivity index (χ1n) is 9.22. The molecule has 0 aliphatic rings. The summed E-state index contributed by atoms with van der Waals surface area (Å²) in [6.45, 7) is 2.30. The van der Waals surface area contributed by atoms with E-state index in [4.69, 9.17) is 9.47 Å². The predicted octanol–water partition coefficient (Wildman–Crippen LogP) is 5.55. The molecule has 5 nitrogen and oxygen atoms in total. The Labute approximate surface area is 172 Å². The van der Waals surface area contributed by atoms with Crippen LogP contribution in [0, 0.1) is 6.92 Å². The zero-order valence-corrected chi connectivity index (χ0v) is 16.7. The number of hydrogen-bond acceptors (Lipinski definition) is 5. The fraction of sp³-hybridized carbons (Fsp3) is 0.130. The molecule has 6 heteroatoms. The van der Waals surface area contributed by atoms with Gasteiger partial charge in [-0.15, -0.1) is 11.3 Å². The lowest BCUT2D eigenvalue weighted by atomic mass is 10.2. The number of aryl methyl sites for hydroxylation is 1. The largest absolute Gasteiger partial charge is 0.457 e. The van der Waals surface area contributed by atoms with Crippen molar-refractivity contribution in [3.8, 4) is 11.5 Å². The lowest BCUT2D eigenvalue weighted by Gasteiger charge is -2.09. The molecule has 0 aliphatic carbocycles. The maximum Gasteiger partial charge on any atom is 0.250 e. The van der Waals surface area contributed by atoms with Crippen molar-refractivity contribution in [1.82, 2.24) is 4.98 Å². The Bertz CT molecular complexity index is 1090. The number of aromatic nitrogens is 1. The minimum atomic E-state index is -0.210. The molecule has 0 bridgehead atoms. The van der Waals surface area contributed by atoms with Crippen molar-refractivity contribution in [3.63, 3.8) is 0 Å². The summed E-state index contributed by atoms with van der Waals surface area (Å²) in [5, 5.41) is 3.68. The molecule has 4 aromatic rings.